The number of amides is 1. The lowest BCUT2D eigenvalue weighted by molar-refractivity contribution is -0.137. The van der Waals surface area contributed by atoms with E-state index in [-0.39, 0.29) is 12.2 Å². The molecule has 0 aliphatic carbocycles. The second kappa shape index (κ2) is 8.89. The van der Waals surface area contributed by atoms with Gasteiger partial charge in [-0.25, -0.2) is 8.42 Å². The summed E-state index contributed by atoms with van der Waals surface area (Å²) in [6.45, 7) is 2.49. The molecule has 2 rings (SSSR count). The number of hydrogen-bond donors (Lipinski definition) is 1. The fraction of sp³-hybridized carbons (Fsp3) is 0.158. The van der Waals surface area contributed by atoms with Crippen LogP contribution in [0.3, 0.4) is 0 Å². The normalized spacial score (nSPS) is 11.7. The van der Waals surface area contributed by atoms with Gasteiger partial charge in [-0.1, -0.05) is 18.2 Å². The van der Waals surface area contributed by atoms with E-state index in [1.54, 1.807) is 0 Å². The largest absolute Gasteiger partial charge is 0.416 e. The van der Waals surface area contributed by atoms with E-state index in [1.807, 2.05) is 6.07 Å². The Morgan fingerprint density at radius 2 is 1.90 bits per heavy atom. The average molecular weight is 423 g/mol. The van der Waals surface area contributed by atoms with E-state index in [9.17, 15) is 26.4 Å². The first-order valence-corrected chi connectivity index (χ1v) is 9.60. The summed E-state index contributed by atoms with van der Waals surface area (Å²) in [4.78, 5) is 11.7. The van der Waals surface area contributed by atoms with Gasteiger partial charge in [-0.2, -0.15) is 22.7 Å². The molecule has 0 saturated carbocycles. The maximum absolute atomic E-state index is 12.9. The third kappa shape index (κ3) is 5.66. The van der Waals surface area contributed by atoms with E-state index in [4.69, 9.17) is 5.26 Å². The van der Waals surface area contributed by atoms with E-state index in [0.29, 0.717) is 15.9 Å². The van der Waals surface area contributed by atoms with E-state index in [2.05, 4.69) is 11.9 Å². The van der Waals surface area contributed by atoms with Gasteiger partial charge in [0.15, 0.2) is 0 Å². The van der Waals surface area contributed by atoms with Crippen LogP contribution in [-0.2, 0) is 21.0 Å². The molecule has 29 heavy (non-hydrogen) atoms. The van der Waals surface area contributed by atoms with Gasteiger partial charge in [0.1, 0.15) is 0 Å². The summed E-state index contributed by atoms with van der Waals surface area (Å²) in [5.41, 5.74) is -0.540. The minimum Gasteiger partial charge on any atom is -0.325 e. The lowest BCUT2D eigenvalue weighted by Gasteiger charge is -2.21. The van der Waals surface area contributed by atoms with Crippen LogP contribution in [0.2, 0.25) is 0 Å². The number of carbonyl (C=O) groups excluding carboxylic acids is 1. The van der Waals surface area contributed by atoms with Crippen LogP contribution >= 0.6 is 0 Å². The SMILES string of the molecule is C=CCN(CC(=O)Nc1cccc(C#N)c1)S(=O)(=O)c1cccc(C(F)(F)F)c1. The van der Waals surface area contributed by atoms with Crippen LogP contribution in [0.5, 0.6) is 0 Å². The molecule has 152 valence electrons. The molecule has 0 aliphatic heterocycles. The first kappa shape index (κ1) is 22.1. The number of sulfonamides is 1. The summed E-state index contributed by atoms with van der Waals surface area (Å²) < 4.78 is 65.0. The highest BCUT2D eigenvalue weighted by molar-refractivity contribution is 7.89. The van der Waals surface area contributed by atoms with Crippen LogP contribution in [-0.4, -0.2) is 31.7 Å². The average Bonchev–Trinajstić information content (AvgIpc) is 2.67. The van der Waals surface area contributed by atoms with Crippen molar-refractivity contribution in [3.8, 4) is 6.07 Å². The van der Waals surface area contributed by atoms with Crippen LogP contribution in [0.25, 0.3) is 0 Å². The van der Waals surface area contributed by atoms with Crippen molar-refractivity contribution in [2.75, 3.05) is 18.4 Å². The number of nitrogens with zero attached hydrogens (tertiary/aromatic N) is 2. The summed E-state index contributed by atoms with van der Waals surface area (Å²) in [5.74, 6) is -0.725. The van der Waals surface area contributed by atoms with Crippen molar-refractivity contribution in [1.82, 2.24) is 4.31 Å². The molecule has 0 saturated heterocycles. The van der Waals surface area contributed by atoms with Crippen molar-refractivity contribution >= 4 is 21.6 Å². The number of hydrogen-bond acceptors (Lipinski definition) is 4. The van der Waals surface area contributed by atoms with Gasteiger partial charge in [0, 0.05) is 12.2 Å². The van der Waals surface area contributed by atoms with Crippen molar-refractivity contribution in [2.45, 2.75) is 11.1 Å². The van der Waals surface area contributed by atoms with Crippen molar-refractivity contribution < 1.29 is 26.4 Å². The molecule has 0 fully saturated rings. The van der Waals surface area contributed by atoms with Gasteiger partial charge >= 0.3 is 6.18 Å². The van der Waals surface area contributed by atoms with Gasteiger partial charge in [-0.3, -0.25) is 4.79 Å². The number of rotatable bonds is 7. The number of nitriles is 1. The van der Waals surface area contributed by atoms with E-state index < -0.39 is 39.1 Å². The van der Waals surface area contributed by atoms with Gasteiger partial charge in [-0.05, 0) is 36.4 Å². The Bertz CT molecular complexity index is 1060. The molecule has 0 radical (unpaired) electrons. The van der Waals surface area contributed by atoms with Crippen molar-refractivity contribution in [2.24, 2.45) is 0 Å². The highest BCUT2D eigenvalue weighted by Crippen LogP contribution is 2.31. The summed E-state index contributed by atoms with van der Waals surface area (Å²) in [5, 5.41) is 11.3. The third-order valence-corrected chi connectivity index (χ3v) is 5.53. The molecule has 0 spiro atoms. The topological polar surface area (TPSA) is 90.3 Å². The second-order valence-electron chi connectivity index (χ2n) is 5.85. The minimum atomic E-state index is -4.71. The highest BCUT2D eigenvalue weighted by atomic mass is 32.2. The maximum Gasteiger partial charge on any atom is 0.416 e. The van der Waals surface area contributed by atoms with E-state index in [0.717, 1.165) is 18.2 Å². The van der Waals surface area contributed by atoms with E-state index in [1.165, 1.54) is 30.3 Å². The molecule has 2 aromatic rings. The molecular formula is C19H16F3N3O3S. The Hall–Kier alpha value is -3.16. The Morgan fingerprint density at radius 3 is 2.52 bits per heavy atom. The molecule has 6 nitrogen and oxygen atoms in total. The summed E-state index contributed by atoms with van der Waals surface area (Å²) in [7, 11) is -4.40. The van der Waals surface area contributed by atoms with Gasteiger partial charge in [0.2, 0.25) is 15.9 Å². The van der Waals surface area contributed by atoms with Crippen molar-refractivity contribution in [3.05, 3.63) is 72.3 Å². The predicted octanol–water partition coefficient (Wildman–Crippen LogP) is 3.39. The molecule has 0 heterocycles. The van der Waals surface area contributed by atoms with Crippen LogP contribution in [0.1, 0.15) is 11.1 Å². The molecule has 0 aliphatic rings. The van der Waals surface area contributed by atoms with Crippen LogP contribution in [0.15, 0.2) is 66.1 Å². The molecule has 10 heteroatoms. The predicted molar refractivity (Wildman–Crippen MR) is 100 cm³/mol. The van der Waals surface area contributed by atoms with Crippen LogP contribution in [0, 0.1) is 11.3 Å². The van der Waals surface area contributed by atoms with Gasteiger partial charge in [0.05, 0.1) is 28.6 Å². The lowest BCUT2D eigenvalue weighted by Crippen LogP contribution is -2.38. The Kier molecular flexibility index (Phi) is 6.79. The Labute approximate surface area is 165 Å². The molecule has 1 amide bonds. The first-order chi connectivity index (χ1) is 13.6. The minimum absolute atomic E-state index is 0.282. The fourth-order valence-corrected chi connectivity index (χ4v) is 3.81. The molecule has 2 aromatic carbocycles. The molecule has 0 bridgehead atoms. The number of alkyl halides is 3. The fourth-order valence-electron chi connectivity index (χ4n) is 2.40. The summed E-state index contributed by atoms with van der Waals surface area (Å²) >= 11 is 0. The molecule has 0 atom stereocenters. The van der Waals surface area contributed by atoms with Crippen LogP contribution < -0.4 is 5.32 Å². The van der Waals surface area contributed by atoms with Crippen molar-refractivity contribution in [3.63, 3.8) is 0 Å². The van der Waals surface area contributed by atoms with E-state index >= 15 is 0 Å². The first-order valence-electron chi connectivity index (χ1n) is 8.16. The lowest BCUT2D eigenvalue weighted by atomic mass is 10.2. The highest BCUT2D eigenvalue weighted by Gasteiger charge is 2.33. The second-order valence-corrected chi connectivity index (χ2v) is 7.79. The number of carbonyl (C=O) groups is 1. The maximum atomic E-state index is 12.9. The monoisotopic (exact) mass is 423 g/mol. The number of halogens is 3. The number of benzene rings is 2. The number of nitrogens with one attached hydrogen (secondary N) is 1. The molecule has 0 aromatic heterocycles. The molecule has 0 unspecified atom stereocenters. The number of anilines is 1. The smallest absolute Gasteiger partial charge is 0.325 e. The van der Waals surface area contributed by atoms with Gasteiger partial charge < -0.3 is 5.32 Å². The molecule has 1 N–H and O–H groups in total. The molecular weight excluding hydrogens is 407 g/mol. The van der Waals surface area contributed by atoms with Gasteiger partial charge in [0.25, 0.3) is 0 Å². The zero-order valence-corrected chi connectivity index (χ0v) is 15.8. The van der Waals surface area contributed by atoms with Gasteiger partial charge in [-0.15, -0.1) is 6.58 Å². The third-order valence-electron chi connectivity index (χ3n) is 3.73. The zero-order chi connectivity index (χ0) is 21.7. The quantitative estimate of drug-likeness (QED) is 0.692. The summed E-state index contributed by atoms with van der Waals surface area (Å²) in [6.07, 6.45) is -3.49. The Morgan fingerprint density at radius 1 is 1.21 bits per heavy atom. The van der Waals surface area contributed by atoms with Crippen LogP contribution in [0.4, 0.5) is 18.9 Å². The summed E-state index contributed by atoms with van der Waals surface area (Å²) in [6, 6.07) is 11.1. The zero-order valence-electron chi connectivity index (χ0n) is 15.0. The Balaban J connectivity index is 2.26. The van der Waals surface area contributed by atoms with Crippen molar-refractivity contribution in [1.29, 1.82) is 5.26 Å². The standard InChI is InChI=1S/C19H16F3N3O3S/c1-2-9-25(13-18(26)24-16-7-3-5-14(10-16)12-23)29(27,28)17-8-4-6-15(11-17)19(20,21)22/h2-8,10-11H,1,9,13H2,(H,24,26).